The Labute approximate surface area is 171 Å². The van der Waals surface area contributed by atoms with E-state index in [1.54, 1.807) is 0 Å². The number of carboxylic acids is 1. The molecule has 2 rings (SSSR count). The number of carbonyl (C=O) groups is 1. The zero-order valence-corrected chi connectivity index (χ0v) is 18.2. The highest BCUT2D eigenvalue weighted by atomic mass is 35.5. The number of alkyl halides is 1. The molecule has 1 saturated carbocycles. The lowest BCUT2D eigenvalue weighted by molar-refractivity contribution is -0.137. The van der Waals surface area contributed by atoms with Gasteiger partial charge in [0, 0.05) is 12.5 Å². The van der Waals surface area contributed by atoms with Crippen molar-refractivity contribution in [3.63, 3.8) is 0 Å². The van der Waals surface area contributed by atoms with Crippen molar-refractivity contribution in [3.05, 3.63) is 12.2 Å². The highest BCUT2D eigenvalue weighted by molar-refractivity contribution is 6.21. The van der Waals surface area contributed by atoms with Gasteiger partial charge in [0.2, 0.25) is 0 Å². The van der Waals surface area contributed by atoms with Gasteiger partial charge in [0.05, 0.1) is 5.38 Å². The highest BCUT2D eigenvalue weighted by Crippen LogP contribution is 2.51. The third-order valence-electron chi connectivity index (χ3n) is 7.11. The molecule has 0 unspecified atom stereocenters. The summed E-state index contributed by atoms with van der Waals surface area (Å²) in [5.74, 6) is 0.149. The number of rotatable bonds is 13. The fourth-order valence-electron chi connectivity index (χ4n) is 5.20. The zero-order chi connectivity index (χ0) is 19.7. The second-order valence-electron chi connectivity index (χ2n) is 8.91. The molecule has 0 bridgehead atoms. The second kappa shape index (κ2) is 11.5. The van der Waals surface area contributed by atoms with Crippen LogP contribution in [0.2, 0.25) is 0 Å². The van der Waals surface area contributed by atoms with Crippen LogP contribution in [-0.4, -0.2) is 40.5 Å². The molecule has 0 aromatic rings. The van der Waals surface area contributed by atoms with Crippen LogP contribution in [0.3, 0.4) is 0 Å². The number of carboxylic acid groups (broad SMARTS) is 1. The lowest BCUT2D eigenvalue weighted by Gasteiger charge is -2.47. The Hall–Kier alpha value is -0.540. The Morgan fingerprint density at radius 3 is 2.74 bits per heavy atom. The standard InChI is InChI=1S/C23H40ClNO2/c1-3-14-23(15-9-16-23)19(2)10-8-17-25-18-13-20(24)21(25)11-6-4-5-7-12-22(26)27/h4,6,19-21H,3,5,7-18H2,1-2H3,(H,26,27)/b6-4-/t19-,20-,21+/m1/s1. The first-order chi connectivity index (χ1) is 13.0. The number of hydrogen-bond donors (Lipinski definition) is 1. The van der Waals surface area contributed by atoms with E-state index < -0.39 is 5.97 Å². The van der Waals surface area contributed by atoms with Gasteiger partial charge in [-0.1, -0.05) is 38.8 Å². The van der Waals surface area contributed by atoms with Crippen molar-refractivity contribution in [1.82, 2.24) is 4.90 Å². The molecule has 0 amide bonds. The first-order valence-corrected chi connectivity index (χ1v) is 11.7. The van der Waals surface area contributed by atoms with Crippen molar-refractivity contribution >= 4 is 17.6 Å². The van der Waals surface area contributed by atoms with E-state index in [9.17, 15) is 4.79 Å². The Bertz CT molecular complexity index is 475. The van der Waals surface area contributed by atoms with Gasteiger partial charge < -0.3 is 5.11 Å². The summed E-state index contributed by atoms with van der Waals surface area (Å²) in [5.41, 5.74) is 0.660. The first-order valence-electron chi connectivity index (χ1n) is 11.2. The van der Waals surface area contributed by atoms with Crippen LogP contribution in [0.5, 0.6) is 0 Å². The summed E-state index contributed by atoms with van der Waals surface area (Å²) in [6.45, 7) is 7.12. The van der Waals surface area contributed by atoms with Crippen molar-refractivity contribution in [1.29, 1.82) is 0 Å². The third kappa shape index (κ3) is 6.78. The molecule has 3 nitrogen and oxygen atoms in total. The minimum atomic E-state index is -0.706. The summed E-state index contributed by atoms with van der Waals surface area (Å²) < 4.78 is 0. The molecule has 1 aliphatic heterocycles. The first kappa shape index (κ1) is 22.7. The molecule has 0 aromatic carbocycles. The summed E-state index contributed by atoms with van der Waals surface area (Å²) in [6.07, 6.45) is 18.0. The van der Waals surface area contributed by atoms with E-state index in [4.69, 9.17) is 16.7 Å². The normalized spacial score (nSPS) is 26.3. The maximum atomic E-state index is 10.5. The van der Waals surface area contributed by atoms with Crippen molar-refractivity contribution in [2.75, 3.05) is 13.1 Å². The van der Waals surface area contributed by atoms with E-state index in [0.29, 0.717) is 11.5 Å². The molecule has 2 fully saturated rings. The van der Waals surface area contributed by atoms with E-state index >= 15 is 0 Å². The maximum Gasteiger partial charge on any atom is 0.303 e. The summed E-state index contributed by atoms with van der Waals surface area (Å²) in [7, 11) is 0. The Morgan fingerprint density at radius 2 is 2.11 bits per heavy atom. The van der Waals surface area contributed by atoms with E-state index in [0.717, 1.165) is 38.1 Å². The molecule has 1 aliphatic carbocycles. The molecule has 1 heterocycles. The molecule has 0 spiro atoms. The highest BCUT2D eigenvalue weighted by Gasteiger charge is 2.40. The van der Waals surface area contributed by atoms with Gasteiger partial charge in [0.1, 0.15) is 0 Å². The average molecular weight is 398 g/mol. The summed E-state index contributed by atoms with van der Waals surface area (Å²) >= 11 is 6.59. The molecular formula is C23H40ClNO2. The summed E-state index contributed by atoms with van der Waals surface area (Å²) in [4.78, 5) is 13.1. The lowest BCUT2D eigenvalue weighted by Crippen LogP contribution is -2.37. The predicted molar refractivity (Wildman–Crippen MR) is 114 cm³/mol. The van der Waals surface area contributed by atoms with Crippen LogP contribution in [0.4, 0.5) is 0 Å². The summed E-state index contributed by atoms with van der Waals surface area (Å²) in [5, 5.41) is 8.94. The van der Waals surface area contributed by atoms with Crippen LogP contribution in [-0.2, 0) is 4.79 Å². The van der Waals surface area contributed by atoms with Crippen LogP contribution in [0.25, 0.3) is 0 Å². The van der Waals surface area contributed by atoms with E-state index in [1.165, 1.54) is 51.5 Å². The number of unbranched alkanes of at least 4 members (excludes halogenated alkanes) is 1. The van der Waals surface area contributed by atoms with Gasteiger partial charge in [-0.15, -0.1) is 11.6 Å². The largest absolute Gasteiger partial charge is 0.481 e. The van der Waals surface area contributed by atoms with Gasteiger partial charge in [-0.05, 0) is 82.2 Å². The summed E-state index contributed by atoms with van der Waals surface area (Å²) in [6, 6.07) is 0.450. The van der Waals surface area contributed by atoms with Crippen molar-refractivity contribution in [2.45, 2.75) is 102 Å². The molecule has 27 heavy (non-hydrogen) atoms. The van der Waals surface area contributed by atoms with Crippen LogP contribution < -0.4 is 0 Å². The molecule has 1 saturated heterocycles. The quantitative estimate of drug-likeness (QED) is 0.226. The molecule has 156 valence electrons. The fraction of sp³-hybridized carbons (Fsp3) is 0.870. The van der Waals surface area contributed by atoms with Crippen molar-refractivity contribution < 1.29 is 9.90 Å². The third-order valence-corrected chi connectivity index (χ3v) is 7.62. The number of aliphatic carboxylic acids is 1. The predicted octanol–water partition coefficient (Wildman–Crippen LogP) is 6.26. The fourth-order valence-corrected chi connectivity index (χ4v) is 5.56. The molecule has 0 aromatic heterocycles. The monoisotopic (exact) mass is 397 g/mol. The van der Waals surface area contributed by atoms with Gasteiger partial charge in [-0.3, -0.25) is 9.69 Å². The van der Waals surface area contributed by atoms with E-state index in [2.05, 4.69) is 30.9 Å². The van der Waals surface area contributed by atoms with Gasteiger partial charge >= 0.3 is 5.97 Å². The molecule has 2 aliphatic rings. The number of nitrogens with zero attached hydrogens (tertiary/aromatic N) is 1. The van der Waals surface area contributed by atoms with Crippen LogP contribution >= 0.6 is 11.6 Å². The second-order valence-corrected chi connectivity index (χ2v) is 9.47. The van der Waals surface area contributed by atoms with Gasteiger partial charge in [-0.25, -0.2) is 0 Å². The maximum absolute atomic E-state index is 10.5. The van der Waals surface area contributed by atoms with Crippen LogP contribution in [0.15, 0.2) is 12.2 Å². The Balaban J connectivity index is 1.69. The lowest BCUT2D eigenvalue weighted by atomic mass is 9.58. The molecule has 4 heteroatoms. The molecule has 3 atom stereocenters. The molecule has 1 N–H and O–H groups in total. The Kier molecular flexibility index (Phi) is 9.65. The number of hydrogen-bond acceptors (Lipinski definition) is 2. The number of halogens is 1. The smallest absolute Gasteiger partial charge is 0.303 e. The zero-order valence-electron chi connectivity index (χ0n) is 17.5. The molecular weight excluding hydrogens is 358 g/mol. The minimum Gasteiger partial charge on any atom is -0.481 e. The van der Waals surface area contributed by atoms with Crippen LogP contribution in [0.1, 0.15) is 90.9 Å². The average Bonchev–Trinajstić information content (AvgIpc) is 2.94. The number of allylic oxidation sites excluding steroid dienone is 1. The Morgan fingerprint density at radius 1 is 1.33 bits per heavy atom. The van der Waals surface area contributed by atoms with Crippen molar-refractivity contribution in [3.8, 4) is 0 Å². The van der Waals surface area contributed by atoms with E-state index in [-0.39, 0.29) is 11.8 Å². The van der Waals surface area contributed by atoms with Gasteiger partial charge in [0.15, 0.2) is 0 Å². The van der Waals surface area contributed by atoms with Gasteiger partial charge in [0.25, 0.3) is 0 Å². The van der Waals surface area contributed by atoms with Crippen LogP contribution in [0, 0.1) is 11.3 Å². The molecule has 0 radical (unpaired) electrons. The SMILES string of the molecule is CCCC1([C@H](C)CCCN2CC[C@@H](Cl)[C@@H]2C/C=C\CCCC(=O)O)CCC1. The number of likely N-dealkylation sites (tertiary alicyclic amines) is 1. The van der Waals surface area contributed by atoms with Crippen molar-refractivity contribution in [2.24, 2.45) is 11.3 Å². The van der Waals surface area contributed by atoms with Gasteiger partial charge in [-0.2, -0.15) is 0 Å². The minimum absolute atomic E-state index is 0.254. The van der Waals surface area contributed by atoms with E-state index in [1.807, 2.05) is 0 Å². The topological polar surface area (TPSA) is 40.5 Å².